The van der Waals surface area contributed by atoms with E-state index in [9.17, 15) is 4.79 Å². The molecule has 1 fully saturated rings. The van der Waals surface area contributed by atoms with E-state index in [1.165, 1.54) is 6.20 Å². The Kier molecular flexibility index (Phi) is 3.52. The molecule has 2 rings (SSSR count). The number of anilines is 1. The van der Waals surface area contributed by atoms with Crippen molar-refractivity contribution in [1.29, 1.82) is 0 Å². The number of rotatable bonds is 3. The SMILES string of the molecule is CC(C)[C@H]1CN(c2ccc(C(=O)O)cn2)C[C@@H]1N. The second kappa shape index (κ2) is 4.94. The molecule has 0 spiro atoms. The first-order valence-corrected chi connectivity index (χ1v) is 6.19. The van der Waals surface area contributed by atoms with Crippen LogP contribution in [0, 0.1) is 11.8 Å². The number of hydrogen-bond acceptors (Lipinski definition) is 4. The molecular formula is C13H19N3O2. The van der Waals surface area contributed by atoms with Crippen molar-refractivity contribution in [1.82, 2.24) is 4.98 Å². The molecule has 5 heteroatoms. The van der Waals surface area contributed by atoms with Crippen LogP contribution in [0.5, 0.6) is 0 Å². The molecule has 0 aliphatic carbocycles. The van der Waals surface area contributed by atoms with E-state index >= 15 is 0 Å². The van der Waals surface area contributed by atoms with Gasteiger partial charge in [0.1, 0.15) is 5.82 Å². The highest BCUT2D eigenvalue weighted by Gasteiger charge is 2.32. The fraction of sp³-hybridized carbons (Fsp3) is 0.538. The van der Waals surface area contributed by atoms with Crippen molar-refractivity contribution in [3.8, 4) is 0 Å². The zero-order chi connectivity index (χ0) is 13.3. The van der Waals surface area contributed by atoms with Crippen LogP contribution >= 0.6 is 0 Å². The topological polar surface area (TPSA) is 79.5 Å². The third kappa shape index (κ3) is 2.46. The number of carbonyl (C=O) groups is 1. The van der Waals surface area contributed by atoms with Crippen LogP contribution in [0.2, 0.25) is 0 Å². The Hall–Kier alpha value is -1.62. The van der Waals surface area contributed by atoms with Gasteiger partial charge >= 0.3 is 5.97 Å². The monoisotopic (exact) mass is 249 g/mol. The fourth-order valence-electron chi connectivity index (χ4n) is 2.45. The summed E-state index contributed by atoms with van der Waals surface area (Å²) in [7, 11) is 0. The van der Waals surface area contributed by atoms with Gasteiger partial charge in [0.05, 0.1) is 5.56 Å². The summed E-state index contributed by atoms with van der Waals surface area (Å²) in [5.74, 6) is 0.861. The van der Waals surface area contributed by atoms with E-state index in [1.807, 2.05) is 0 Å². The molecule has 0 aromatic carbocycles. The van der Waals surface area contributed by atoms with Gasteiger partial charge in [-0.3, -0.25) is 0 Å². The first kappa shape index (κ1) is 12.8. The van der Waals surface area contributed by atoms with Gasteiger partial charge in [0.15, 0.2) is 0 Å². The fourth-order valence-corrected chi connectivity index (χ4v) is 2.45. The van der Waals surface area contributed by atoms with Gasteiger partial charge < -0.3 is 15.7 Å². The maximum absolute atomic E-state index is 10.8. The summed E-state index contributed by atoms with van der Waals surface area (Å²) in [6.07, 6.45) is 1.39. The number of aromatic carboxylic acids is 1. The van der Waals surface area contributed by atoms with Crippen LogP contribution in [0.1, 0.15) is 24.2 Å². The van der Waals surface area contributed by atoms with Crippen LogP contribution in [-0.4, -0.2) is 35.2 Å². The van der Waals surface area contributed by atoms with Crippen molar-refractivity contribution in [2.75, 3.05) is 18.0 Å². The molecule has 0 amide bonds. The molecule has 0 radical (unpaired) electrons. The van der Waals surface area contributed by atoms with Crippen molar-refractivity contribution in [3.05, 3.63) is 23.9 Å². The van der Waals surface area contributed by atoms with E-state index in [-0.39, 0.29) is 11.6 Å². The maximum atomic E-state index is 10.8. The third-order valence-electron chi connectivity index (χ3n) is 3.59. The predicted octanol–water partition coefficient (Wildman–Crippen LogP) is 1.20. The smallest absolute Gasteiger partial charge is 0.337 e. The Labute approximate surface area is 107 Å². The normalized spacial score (nSPS) is 23.7. The molecule has 0 saturated carbocycles. The molecule has 1 aromatic rings. The van der Waals surface area contributed by atoms with Gasteiger partial charge in [0, 0.05) is 25.3 Å². The van der Waals surface area contributed by atoms with Gasteiger partial charge in [-0.15, -0.1) is 0 Å². The van der Waals surface area contributed by atoms with Crippen molar-refractivity contribution < 1.29 is 9.90 Å². The van der Waals surface area contributed by atoms with E-state index < -0.39 is 5.97 Å². The summed E-state index contributed by atoms with van der Waals surface area (Å²) < 4.78 is 0. The van der Waals surface area contributed by atoms with Crippen molar-refractivity contribution in [2.24, 2.45) is 17.6 Å². The Balaban J connectivity index is 2.11. The first-order chi connectivity index (χ1) is 8.49. The predicted molar refractivity (Wildman–Crippen MR) is 69.7 cm³/mol. The second-order valence-electron chi connectivity index (χ2n) is 5.19. The van der Waals surface area contributed by atoms with Crippen LogP contribution in [0.3, 0.4) is 0 Å². The lowest BCUT2D eigenvalue weighted by Gasteiger charge is -2.19. The van der Waals surface area contributed by atoms with E-state index in [0.717, 1.165) is 18.9 Å². The van der Waals surface area contributed by atoms with Crippen molar-refractivity contribution in [2.45, 2.75) is 19.9 Å². The molecule has 0 bridgehead atoms. The zero-order valence-electron chi connectivity index (χ0n) is 10.7. The van der Waals surface area contributed by atoms with Gasteiger partial charge in [-0.1, -0.05) is 13.8 Å². The number of aromatic nitrogens is 1. The summed E-state index contributed by atoms with van der Waals surface area (Å²) in [6, 6.07) is 3.49. The first-order valence-electron chi connectivity index (χ1n) is 6.19. The molecule has 2 atom stereocenters. The number of pyridine rings is 1. The summed E-state index contributed by atoms with van der Waals surface area (Å²) >= 11 is 0. The maximum Gasteiger partial charge on any atom is 0.337 e. The highest BCUT2D eigenvalue weighted by atomic mass is 16.4. The van der Waals surface area contributed by atoms with Crippen LogP contribution in [0.4, 0.5) is 5.82 Å². The number of nitrogens with two attached hydrogens (primary N) is 1. The third-order valence-corrected chi connectivity index (χ3v) is 3.59. The molecule has 1 aliphatic rings. The summed E-state index contributed by atoms with van der Waals surface area (Å²) in [5, 5.41) is 8.82. The number of nitrogens with zero attached hydrogens (tertiary/aromatic N) is 2. The second-order valence-corrected chi connectivity index (χ2v) is 5.19. The van der Waals surface area contributed by atoms with Gasteiger partial charge in [-0.2, -0.15) is 0 Å². The lowest BCUT2D eigenvalue weighted by Crippen LogP contribution is -2.32. The number of carboxylic acids is 1. The minimum atomic E-state index is -0.952. The van der Waals surface area contributed by atoms with Crippen molar-refractivity contribution in [3.63, 3.8) is 0 Å². The minimum Gasteiger partial charge on any atom is -0.478 e. The summed E-state index contributed by atoms with van der Waals surface area (Å²) in [4.78, 5) is 17.1. The lowest BCUT2D eigenvalue weighted by molar-refractivity contribution is 0.0696. The van der Waals surface area contributed by atoms with Gasteiger partial charge in [-0.05, 0) is 24.0 Å². The van der Waals surface area contributed by atoms with E-state index in [4.69, 9.17) is 10.8 Å². The average Bonchev–Trinajstić information content (AvgIpc) is 2.71. The van der Waals surface area contributed by atoms with Crippen molar-refractivity contribution >= 4 is 11.8 Å². The zero-order valence-corrected chi connectivity index (χ0v) is 10.7. The molecule has 1 aromatic heterocycles. The largest absolute Gasteiger partial charge is 0.478 e. The number of carboxylic acid groups (broad SMARTS) is 1. The molecule has 3 N–H and O–H groups in total. The molecule has 18 heavy (non-hydrogen) atoms. The van der Waals surface area contributed by atoms with Crippen LogP contribution in [0.25, 0.3) is 0 Å². The number of hydrogen-bond donors (Lipinski definition) is 2. The molecule has 98 valence electrons. The lowest BCUT2D eigenvalue weighted by atomic mass is 9.92. The molecule has 2 heterocycles. The molecule has 1 saturated heterocycles. The van der Waals surface area contributed by atoms with Gasteiger partial charge in [-0.25, -0.2) is 9.78 Å². The van der Waals surface area contributed by atoms with Crippen LogP contribution < -0.4 is 10.6 Å². The van der Waals surface area contributed by atoms with E-state index in [2.05, 4.69) is 23.7 Å². The quantitative estimate of drug-likeness (QED) is 0.841. The standard InChI is InChI=1S/C13H19N3O2/c1-8(2)10-6-16(7-11(10)14)12-4-3-9(5-15-12)13(17)18/h3-5,8,10-11H,6-7,14H2,1-2H3,(H,17,18)/t10-,11+/m1/s1. The summed E-state index contributed by atoms with van der Waals surface area (Å²) in [6.45, 7) is 6.02. The van der Waals surface area contributed by atoms with E-state index in [1.54, 1.807) is 12.1 Å². The molecule has 0 unspecified atom stereocenters. The highest BCUT2D eigenvalue weighted by Crippen LogP contribution is 2.26. The Bertz CT molecular complexity index is 430. The highest BCUT2D eigenvalue weighted by molar-refractivity contribution is 5.87. The van der Waals surface area contributed by atoms with E-state index in [0.29, 0.717) is 11.8 Å². The van der Waals surface area contributed by atoms with Gasteiger partial charge in [0.2, 0.25) is 0 Å². The van der Waals surface area contributed by atoms with Crippen LogP contribution in [0.15, 0.2) is 18.3 Å². The van der Waals surface area contributed by atoms with Gasteiger partial charge in [0.25, 0.3) is 0 Å². The molecule has 1 aliphatic heterocycles. The molecular weight excluding hydrogens is 230 g/mol. The Morgan fingerprint density at radius 2 is 2.22 bits per heavy atom. The Morgan fingerprint density at radius 3 is 2.67 bits per heavy atom. The molecule has 5 nitrogen and oxygen atoms in total. The Morgan fingerprint density at radius 1 is 1.50 bits per heavy atom. The summed E-state index contributed by atoms with van der Waals surface area (Å²) in [5.41, 5.74) is 6.33. The average molecular weight is 249 g/mol. The minimum absolute atomic E-state index is 0.158. The van der Waals surface area contributed by atoms with Crippen LogP contribution in [-0.2, 0) is 0 Å².